The summed E-state index contributed by atoms with van der Waals surface area (Å²) in [5.41, 5.74) is 3.96. The fourth-order valence-corrected chi connectivity index (χ4v) is 3.86. The van der Waals surface area contributed by atoms with Gasteiger partial charge in [0.25, 0.3) is 0 Å². The highest BCUT2D eigenvalue weighted by atomic mass is 16.5. The number of nitriles is 1. The maximum atomic E-state index is 9.58. The standard InChI is InChI=1S/C27H31N5O3/c1-18(2)17-35-25-8-6-19(11-21(25)13-28)24-9-10-29-27(31-24)30-22-7-5-20(26(12-22)34-4)14-32-15-23(16-32)33-3/h5-12,18,23H,14-17H2,1-4H3,(H,29,30,31). The summed E-state index contributed by atoms with van der Waals surface area (Å²) >= 11 is 0. The van der Waals surface area contributed by atoms with Crippen molar-refractivity contribution in [3.05, 3.63) is 59.8 Å². The van der Waals surface area contributed by atoms with Crippen LogP contribution in [0.15, 0.2) is 48.7 Å². The molecule has 0 unspecified atom stereocenters. The normalized spacial score (nSPS) is 13.8. The molecule has 1 fully saturated rings. The van der Waals surface area contributed by atoms with Crippen LogP contribution in [0, 0.1) is 17.2 Å². The van der Waals surface area contributed by atoms with Crippen LogP contribution in [0.25, 0.3) is 11.3 Å². The molecule has 0 aliphatic carbocycles. The van der Waals surface area contributed by atoms with Gasteiger partial charge < -0.3 is 19.5 Å². The van der Waals surface area contributed by atoms with Gasteiger partial charge in [0, 0.05) is 55.8 Å². The van der Waals surface area contributed by atoms with Crippen LogP contribution in [0.1, 0.15) is 25.0 Å². The second kappa shape index (κ2) is 11.2. The molecule has 35 heavy (non-hydrogen) atoms. The first-order valence-corrected chi connectivity index (χ1v) is 11.7. The van der Waals surface area contributed by atoms with E-state index in [0.717, 1.165) is 42.2 Å². The summed E-state index contributed by atoms with van der Waals surface area (Å²) in [4.78, 5) is 11.3. The fourth-order valence-electron chi connectivity index (χ4n) is 3.86. The molecule has 0 saturated carbocycles. The van der Waals surface area contributed by atoms with Crippen molar-refractivity contribution in [2.45, 2.75) is 26.5 Å². The lowest BCUT2D eigenvalue weighted by molar-refractivity contribution is -0.0336. The Morgan fingerprint density at radius 2 is 1.94 bits per heavy atom. The maximum absolute atomic E-state index is 9.58. The van der Waals surface area contributed by atoms with Gasteiger partial charge in [-0.2, -0.15) is 5.26 Å². The molecule has 8 nitrogen and oxygen atoms in total. The van der Waals surface area contributed by atoms with E-state index in [2.05, 4.69) is 46.2 Å². The summed E-state index contributed by atoms with van der Waals surface area (Å²) in [7, 11) is 3.43. The number of hydrogen-bond acceptors (Lipinski definition) is 8. The molecule has 0 amide bonds. The van der Waals surface area contributed by atoms with Crippen molar-refractivity contribution < 1.29 is 14.2 Å². The number of anilines is 2. The topological polar surface area (TPSA) is 92.5 Å². The molecule has 8 heteroatoms. The average molecular weight is 474 g/mol. The minimum absolute atomic E-state index is 0.319. The second-order valence-electron chi connectivity index (χ2n) is 9.00. The van der Waals surface area contributed by atoms with E-state index in [-0.39, 0.29) is 0 Å². The number of hydrogen-bond donors (Lipinski definition) is 1. The summed E-state index contributed by atoms with van der Waals surface area (Å²) in [6, 6.07) is 15.6. The lowest BCUT2D eigenvalue weighted by Crippen LogP contribution is -2.50. The molecule has 4 rings (SSSR count). The van der Waals surface area contributed by atoms with E-state index < -0.39 is 0 Å². The van der Waals surface area contributed by atoms with Crippen molar-refractivity contribution in [2.75, 3.05) is 39.2 Å². The Kier molecular flexibility index (Phi) is 7.80. The van der Waals surface area contributed by atoms with E-state index in [4.69, 9.17) is 14.2 Å². The maximum Gasteiger partial charge on any atom is 0.227 e. The third-order valence-corrected chi connectivity index (χ3v) is 5.82. The Hall–Kier alpha value is -3.67. The summed E-state index contributed by atoms with van der Waals surface area (Å²) in [6.07, 6.45) is 2.01. The highest BCUT2D eigenvalue weighted by Crippen LogP contribution is 2.29. The third-order valence-electron chi connectivity index (χ3n) is 5.82. The molecule has 0 bridgehead atoms. The van der Waals surface area contributed by atoms with E-state index in [0.29, 0.717) is 41.6 Å². The highest BCUT2D eigenvalue weighted by molar-refractivity contribution is 5.66. The monoisotopic (exact) mass is 473 g/mol. The molecule has 1 N–H and O–H groups in total. The fraction of sp³-hybridized carbons (Fsp3) is 0.370. The zero-order chi connectivity index (χ0) is 24.8. The van der Waals surface area contributed by atoms with Crippen molar-refractivity contribution in [1.29, 1.82) is 5.26 Å². The molecule has 0 atom stereocenters. The van der Waals surface area contributed by atoms with Crippen LogP contribution in [0.5, 0.6) is 11.5 Å². The van der Waals surface area contributed by atoms with Gasteiger partial charge >= 0.3 is 0 Å². The highest BCUT2D eigenvalue weighted by Gasteiger charge is 2.26. The first-order chi connectivity index (χ1) is 17.0. The minimum atomic E-state index is 0.319. The molecule has 182 valence electrons. The quantitative estimate of drug-likeness (QED) is 0.456. The van der Waals surface area contributed by atoms with Gasteiger partial charge in [0.05, 0.1) is 31.1 Å². The smallest absolute Gasteiger partial charge is 0.227 e. The average Bonchev–Trinajstić information content (AvgIpc) is 2.85. The van der Waals surface area contributed by atoms with Gasteiger partial charge in [0.1, 0.15) is 17.6 Å². The number of rotatable bonds is 10. The Labute approximate surface area is 206 Å². The first-order valence-electron chi connectivity index (χ1n) is 11.7. The van der Waals surface area contributed by atoms with Gasteiger partial charge in [0.2, 0.25) is 5.95 Å². The van der Waals surface area contributed by atoms with Gasteiger partial charge in [-0.05, 0) is 36.2 Å². The van der Waals surface area contributed by atoms with E-state index in [1.54, 1.807) is 26.5 Å². The minimum Gasteiger partial charge on any atom is -0.496 e. The molecular weight excluding hydrogens is 442 g/mol. The number of nitrogens with zero attached hydrogens (tertiary/aromatic N) is 4. The summed E-state index contributed by atoms with van der Waals surface area (Å²) in [6.45, 7) is 7.37. The van der Waals surface area contributed by atoms with Crippen molar-refractivity contribution in [3.63, 3.8) is 0 Å². The molecule has 2 heterocycles. The summed E-state index contributed by atoms with van der Waals surface area (Å²) in [5.74, 6) is 2.23. The largest absolute Gasteiger partial charge is 0.496 e. The lowest BCUT2D eigenvalue weighted by atomic mass is 10.1. The zero-order valence-corrected chi connectivity index (χ0v) is 20.6. The molecule has 2 aromatic carbocycles. The Bertz CT molecular complexity index is 1200. The summed E-state index contributed by atoms with van der Waals surface area (Å²) < 4.78 is 16.8. The Morgan fingerprint density at radius 1 is 1.11 bits per heavy atom. The van der Waals surface area contributed by atoms with E-state index in [1.165, 1.54) is 0 Å². The number of likely N-dealkylation sites (tertiary alicyclic amines) is 1. The predicted molar refractivity (Wildman–Crippen MR) is 135 cm³/mol. The van der Waals surface area contributed by atoms with E-state index >= 15 is 0 Å². The zero-order valence-electron chi connectivity index (χ0n) is 20.6. The van der Waals surface area contributed by atoms with Gasteiger partial charge in [0.15, 0.2) is 0 Å². The number of ether oxygens (including phenoxy) is 3. The second-order valence-corrected chi connectivity index (χ2v) is 9.00. The molecule has 0 spiro atoms. The SMILES string of the molecule is COc1cc(Nc2nccc(-c3ccc(OCC(C)C)c(C#N)c3)n2)ccc1CN1CC(OC)C1. The first kappa shape index (κ1) is 24.5. The molecule has 0 radical (unpaired) electrons. The molecular formula is C27H31N5O3. The molecule has 1 saturated heterocycles. The predicted octanol–water partition coefficient (Wildman–Crippen LogP) is 4.63. The van der Waals surface area contributed by atoms with Gasteiger partial charge in [-0.1, -0.05) is 19.9 Å². The summed E-state index contributed by atoms with van der Waals surface area (Å²) in [5, 5.41) is 12.8. The number of benzene rings is 2. The number of aromatic nitrogens is 2. The molecule has 1 aromatic heterocycles. The van der Waals surface area contributed by atoms with Gasteiger partial charge in [-0.25, -0.2) is 9.97 Å². The van der Waals surface area contributed by atoms with E-state index in [1.807, 2.05) is 30.3 Å². The van der Waals surface area contributed by atoms with Gasteiger partial charge in [-0.15, -0.1) is 0 Å². The molecule has 3 aromatic rings. The Morgan fingerprint density at radius 3 is 2.66 bits per heavy atom. The lowest BCUT2D eigenvalue weighted by Gasteiger charge is -2.38. The van der Waals surface area contributed by atoms with E-state index in [9.17, 15) is 5.26 Å². The van der Waals surface area contributed by atoms with Gasteiger partial charge in [-0.3, -0.25) is 4.90 Å². The van der Waals surface area contributed by atoms with Crippen LogP contribution in [-0.4, -0.2) is 54.9 Å². The molecule has 1 aliphatic heterocycles. The Balaban J connectivity index is 1.48. The molecule has 1 aliphatic rings. The van der Waals surface area contributed by atoms with Crippen LogP contribution in [0.2, 0.25) is 0 Å². The van der Waals surface area contributed by atoms with Crippen molar-refractivity contribution >= 4 is 11.6 Å². The van der Waals surface area contributed by atoms with Crippen LogP contribution < -0.4 is 14.8 Å². The number of methoxy groups -OCH3 is 2. The van der Waals surface area contributed by atoms with Crippen molar-refractivity contribution in [3.8, 4) is 28.8 Å². The number of nitrogens with one attached hydrogen (secondary N) is 1. The van der Waals surface area contributed by atoms with Crippen molar-refractivity contribution in [1.82, 2.24) is 14.9 Å². The van der Waals surface area contributed by atoms with Crippen LogP contribution >= 0.6 is 0 Å². The van der Waals surface area contributed by atoms with Crippen LogP contribution in [0.4, 0.5) is 11.6 Å². The third kappa shape index (κ3) is 6.07. The van der Waals surface area contributed by atoms with Crippen LogP contribution in [0.3, 0.4) is 0 Å². The van der Waals surface area contributed by atoms with Crippen molar-refractivity contribution in [2.24, 2.45) is 5.92 Å². The van der Waals surface area contributed by atoms with Crippen LogP contribution in [-0.2, 0) is 11.3 Å².